The SMILES string of the molecule is Fc1c(-c2ccoc2CNC2CC2)ccc(Br)c1Cl. The van der Waals surface area contributed by atoms with Crippen LogP contribution in [0, 0.1) is 5.82 Å². The molecule has 2 aromatic rings. The van der Waals surface area contributed by atoms with E-state index in [9.17, 15) is 4.39 Å². The number of nitrogens with one attached hydrogen (secondary N) is 1. The quantitative estimate of drug-likeness (QED) is 0.809. The molecule has 1 heterocycles. The summed E-state index contributed by atoms with van der Waals surface area (Å²) in [6, 6.07) is 5.80. The van der Waals surface area contributed by atoms with Gasteiger partial charge in [-0.3, -0.25) is 0 Å². The van der Waals surface area contributed by atoms with Gasteiger partial charge in [-0.05, 0) is 40.9 Å². The molecular formula is C14H12BrClFNO. The molecule has 1 fully saturated rings. The number of rotatable bonds is 4. The Morgan fingerprint density at radius 1 is 1.32 bits per heavy atom. The van der Waals surface area contributed by atoms with Crippen molar-refractivity contribution in [3.63, 3.8) is 0 Å². The molecule has 0 radical (unpaired) electrons. The van der Waals surface area contributed by atoms with Crippen LogP contribution in [0.1, 0.15) is 18.6 Å². The van der Waals surface area contributed by atoms with Crippen LogP contribution < -0.4 is 5.32 Å². The molecule has 0 unspecified atom stereocenters. The number of furan rings is 1. The highest BCUT2D eigenvalue weighted by molar-refractivity contribution is 9.10. The van der Waals surface area contributed by atoms with Crippen LogP contribution in [0.3, 0.4) is 0 Å². The van der Waals surface area contributed by atoms with Gasteiger partial charge >= 0.3 is 0 Å². The zero-order chi connectivity index (χ0) is 13.4. The van der Waals surface area contributed by atoms with Gasteiger partial charge in [0, 0.05) is 21.6 Å². The molecule has 2 nitrogen and oxygen atoms in total. The first-order chi connectivity index (χ1) is 9.16. The van der Waals surface area contributed by atoms with Crippen LogP contribution >= 0.6 is 27.5 Å². The molecule has 19 heavy (non-hydrogen) atoms. The molecule has 1 saturated carbocycles. The second-order valence-corrected chi connectivity index (χ2v) is 5.87. The van der Waals surface area contributed by atoms with Crippen LogP contribution in [-0.2, 0) is 6.54 Å². The van der Waals surface area contributed by atoms with Crippen molar-refractivity contribution in [2.45, 2.75) is 25.4 Å². The molecule has 1 aliphatic rings. The topological polar surface area (TPSA) is 25.2 Å². The summed E-state index contributed by atoms with van der Waals surface area (Å²) in [5.41, 5.74) is 1.22. The van der Waals surface area contributed by atoms with Crippen LogP contribution in [0.15, 0.2) is 33.4 Å². The summed E-state index contributed by atoms with van der Waals surface area (Å²) >= 11 is 9.13. The Balaban J connectivity index is 1.93. The Labute approximate surface area is 124 Å². The fraction of sp³-hybridized carbons (Fsp3) is 0.286. The van der Waals surface area contributed by atoms with Crippen LogP contribution in [0.2, 0.25) is 5.02 Å². The van der Waals surface area contributed by atoms with Gasteiger partial charge in [0.1, 0.15) is 5.76 Å². The third kappa shape index (κ3) is 2.71. The first-order valence-corrected chi connectivity index (χ1v) is 7.27. The van der Waals surface area contributed by atoms with Crippen molar-refractivity contribution in [3.8, 4) is 11.1 Å². The molecule has 5 heteroatoms. The van der Waals surface area contributed by atoms with Gasteiger partial charge in [-0.25, -0.2) is 4.39 Å². The maximum absolute atomic E-state index is 14.2. The van der Waals surface area contributed by atoms with E-state index in [2.05, 4.69) is 21.2 Å². The molecular weight excluding hydrogens is 333 g/mol. The van der Waals surface area contributed by atoms with E-state index in [1.807, 2.05) is 0 Å². The van der Waals surface area contributed by atoms with E-state index in [1.165, 1.54) is 12.8 Å². The van der Waals surface area contributed by atoms with E-state index in [4.69, 9.17) is 16.0 Å². The van der Waals surface area contributed by atoms with E-state index in [0.717, 1.165) is 11.3 Å². The summed E-state index contributed by atoms with van der Waals surface area (Å²) in [7, 11) is 0. The summed E-state index contributed by atoms with van der Waals surface area (Å²) in [6.07, 6.45) is 3.98. The molecule has 0 atom stereocenters. The van der Waals surface area contributed by atoms with E-state index in [-0.39, 0.29) is 5.02 Å². The number of hydrogen-bond acceptors (Lipinski definition) is 2. The molecule has 100 valence electrons. The minimum absolute atomic E-state index is 0.0970. The highest BCUT2D eigenvalue weighted by Crippen LogP contribution is 2.35. The van der Waals surface area contributed by atoms with Crippen molar-refractivity contribution >= 4 is 27.5 Å². The largest absolute Gasteiger partial charge is 0.467 e. The summed E-state index contributed by atoms with van der Waals surface area (Å²) in [4.78, 5) is 0. The van der Waals surface area contributed by atoms with Crippen molar-refractivity contribution in [2.75, 3.05) is 0 Å². The first-order valence-electron chi connectivity index (χ1n) is 6.10. The van der Waals surface area contributed by atoms with Crippen LogP contribution in [0.25, 0.3) is 11.1 Å². The van der Waals surface area contributed by atoms with Gasteiger partial charge in [-0.1, -0.05) is 17.7 Å². The van der Waals surface area contributed by atoms with Gasteiger partial charge in [-0.2, -0.15) is 0 Å². The molecule has 0 spiro atoms. The molecule has 1 aromatic heterocycles. The van der Waals surface area contributed by atoms with E-state index in [1.54, 1.807) is 24.5 Å². The summed E-state index contributed by atoms with van der Waals surface area (Å²) in [5, 5.41) is 3.45. The Morgan fingerprint density at radius 3 is 2.84 bits per heavy atom. The zero-order valence-corrected chi connectivity index (χ0v) is 12.4. The molecule has 3 rings (SSSR count). The van der Waals surface area contributed by atoms with Gasteiger partial charge in [0.15, 0.2) is 5.82 Å². The second kappa shape index (κ2) is 5.27. The monoisotopic (exact) mass is 343 g/mol. The standard InChI is InChI=1S/C14H12BrClFNO/c15-11-4-3-10(14(17)13(11)16)9-5-6-19-12(9)7-18-8-1-2-8/h3-6,8,18H,1-2,7H2. The Bertz CT molecular complexity index is 609. The van der Waals surface area contributed by atoms with Crippen molar-refractivity contribution in [2.24, 2.45) is 0 Å². The lowest BCUT2D eigenvalue weighted by molar-refractivity contribution is 0.483. The fourth-order valence-corrected chi connectivity index (χ4v) is 2.45. The molecule has 1 N–H and O–H groups in total. The van der Waals surface area contributed by atoms with Crippen LogP contribution in [-0.4, -0.2) is 6.04 Å². The predicted molar refractivity (Wildman–Crippen MR) is 76.7 cm³/mol. The Morgan fingerprint density at radius 2 is 2.11 bits per heavy atom. The minimum atomic E-state index is -0.426. The van der Waals surface area contributed by atoms with Crippen molar-refractivity contribution < 1.29 is 8.81 Å². The Kier molecular flexibility index (Phi) is 3.65. The lowest BCUT2D eigenvalue weighted by Crippen LogP contribution is -2.15. The van der Waals surface area contributed by atoms with E-state index < -0.39 is 5.82 Å². The normalized spacial score (nSPS) is 14.9. The van der Waals surface area contributed by atoms with Crippen LogP contribution in [0.4, 0.5) is 4.39 Å². The zero-order valence-electron chi connectivity index (χ0n) is 10.1. The molecule has 0 bridgehead atoms. The third-order valence-electron chi connectivity index (χ3n) is 3.20. The third-order valence-corrected chi connectivity index (χ3v) is 4.46. The second-order valence-electron chi connectivity index (χ2n) is 4.64. The summed E-state index contributed by atoms with van der Waals surface area (Å²) in [6.45, 7) is 0.611. The highest BCUT2D eigenvalue weighted by Gasteiger charge is 2.22. The number of hydrogen-bond donors (Lipinski definition) is 1. The lowest BCUT2D eigenvalue weighted by atomic mass is 10.1. The fourth-order valence-electron chi connectivity index (χ4n) is 1.98. The van der Waals surface area contributed by atoms with Gasteiger partial charge in [0.2, 0.25) is 0 Å². The van der Waals surface area contributed by atoms with Crippen molar-refractivity contribution in [1.82, 2.24) is 5.32 Å². The Hall–Kier alpha value is -0.840. The maximum atomic E-state index is 14.2. The van der Waals surface area contributed by atoms with Gasteiger partial charge in [0.25, 0.3) is 0 Å². The van der Waals surface area contributed by atoms with Gasteiger partial charge < -0.3 is 9.73 Å². The predicted octanol–water partition coefficient (Wildman–Crippen LogP) is 4.75. The maximum Gasteiger partial charge on any atom is 0.150 e. The highest BCUT2D eigenvalue weighted by atomic mass is 79.9. The average Bonchev–Trinajstić information content (AvgIpc) is 3.12. The first kappa shape index (κ1) is 13.2. The molecule has 0 aliphatic heterocycles. The van der Waals surface area contributed by atoms with E-state index in [0.29, 0.717) is 22.6 Å². The minimum Gasteiger partial charge on any atom is -0.467 e. The van der Waals surface area contributed by atoms with Crippen molar-refractivity contribution in [3.05, 3.63) is 45.5 Å². The average molecular weight is 345 g/mol. The van der Waals surface area contributed by atoms with E-state index >= 15 is 0 Å². The molecule has 0 saturated heterocycles. The summed E-state index contributed by atoms with van der Waals surface area (Å²) in [5.74, 6) is 0.314. The molecule has 1 aliphatic carbocycles. The molecule has 1 aromatic carbocycles. The smallest absolute Gasteiger partial charge is 0.150 e. The summed E-state index contributed by atoms with van der Waals surface area (Å²) < 4.78 is 20.2. The number of benzene rings is 1. The van der Waals surface area contributed by atoms with Gasteiger partial charge in [-0.15, -0.1) is 0 Å². The van der Waals surface area contributed by atoms with Crippen molar-refractivity contribution in [1.29, 1.82) is 0 Å². The molecule has 0 amide bonds. The van der Waals surface area contributed by atoms with Crippen LogP contribution in [0.5, 0.6) is 0 Å². The lowest BCUT2D eigenvalue weighted by Gasteiger charge is -2.07. The number of halogens is 3. The van der Waals surface area contributed by atoms with Gasteiger partial charge in [0.05, 0.1) is 17.8 Å².